The molecule has 1 aliphatic heterocycles. The summed E-state index contributed by atoms with van der Waals surface area (Å²) in [6, 6.07) is 7.10. The van der Waals surface area contributed by atoms with Crippen LogP contribution in [0.1, 0.15) is 21.4 Å². The monoisotopic (exact) mass is 197 g/mol. The van der Waals surface area contributed by atoms with Crippen molar-refractivity contribution in [3.8, 4) is 0 Å². The summed E-state index contributed by atoms with van der Waals surface area (Å²) in [6.07, 6.45) is 0. The maximum Gasteiger partial charge on any atom is 0.283 e. The molecule has 0 radical (unpaired) electrons. The molecule has 2 rings (SSSR count). The lowest BCUT2D eigenvalue weighted by Crippen LogP contribution is -2.52. The number of carbonyl (C=O) groups excluding carboxylic acids is 1. The first-order valence-electron chi connectivity index (χ1n) is 3.78. The van der Waals surface area contributed by atoms with Gasteiger partial charge < -0.3 is 0 Å². The first-order chi connectivity index (χ1) is 6.20. The highest BCUT2D eigenvalue weighted by Gasteiger charge is 2.27. The molecule has 0 bridgehead atoms. The minimum atomic E-state index is -0.445. The molecule has 0 saturated heterocycles. The summed E-state index contributed by atoms with van der Waals surface area (Å²) < 4.78 is 0. The summed E-state index contributed by atoms with van der Waals surface area (Å²) in [5, 5.41) is 0.903. The molecule has 1 amide bonds. The van der Waals surface area contributed by atoms with E-state index in [0.29, 0.717) is 5.56 Å². The lowest BCUT2D eigenvalue weighted by atomic mass is 10.1. The van der Waals surface area contributed by atoms with Gasteiger partial charge in [-0.2, -0.15) is 5.43 Å². The fourth-order valence-corrected chi connectivity index (χ4v) is 1.59. The Morgan fingerprint density at radius 2 is 2.15 bits per heavy atom. The van der Waals surface area contributed by atoms with Crippen LogP contribution in [-0.4, -0.2) is 11.0 Å². The number of rotatable bonds is 0. The summed E-state index contributed by atoms with van der Waals surface area (Å²) in [5.41, 5.74) is 3.47. The van der Waals surface area contributed by atoms with Crippen LogP contribution in [0.5, 0.6) is 0 Å². The predicted molar refractivity (Wildman–Crippen MR) is 48.5 cm³/mol. The van der Waals surface area contributed by atoms with Crippen molar-refractivity contribution in [1.29, 1.82) is 0 Å². The number of hydrogen-bond acceptors (Lipinski definition) is 3. The van der Waals surface area contributed by atoms with Crippen LogP contribution in [0.4, 0.5) is 0 Å². The number of fused-ring (bicyclic) bond motifs is 1. The molecule has 3 N–H and O–H groups in total. The zero-order valence-electron chi connectivity index (χ0n) is 6.70. The Kier molecular flexibility index (Phi) is 1.95. The van der Waals surface area contributed by atoms with Crippen LogP contribution in [0.3, 0.4) is 0 Å². The number of halogens is 1. The number of nitrogens with zero attached hydrogens (tertiary/aromatic N) is 1. The van der Waals surface area contributed by atoms with Gasteiger partial charge in [-0.3, -0.25) is 4.79 Å². The van der Waals surface area contributed by atoms with Crippen molar-refractivity contribution >= 4 is 17.5 Å². The molecule has 1 atom stereocenters. The first kappa shape index (κ1) is 8.50. The van der Waals surface area contributed by atoms with Gasteiger partial charge in [0.25, 0.3) is 5.91 Å². The molecular formula is C8H8ClN3O. The van der Waals surface area contributed by atoms with Crippen molar-refractivity contribution in [3.63, 3.8) is 0 Å². The SMILES string of the molecule is NN1NC(Cl)c2ccccc2C1=O. The summed E-state index contributed by atoms with van der Waals surface area (Å²) >= 11 is 5.92. The second-order valence-corrected chi connectivity index (χ2v) is 3.19. The van der Waals surface area contributed by atoms with E-state index in [1.807, 2.05) is 6.07 Å². The Morgan fingerprint density at radius 3 is 2.92 bits per heavy atom. The highest BCUT2D eigenvalue weighted by Crippen LogP contribution is 2.25. The zero-order chi connectivity index (χ0) is 9.42. The molecule has 4 nitrogen and oxygen atoms in total. The van der Waals surface area contributed by atoms with Gasteiger partial charge in [0.05, 0.1) is 0 Å². The van der Waals surface area contributed by atoms with Crippen molar-refractivity contribution in [2.75, 3.05) is 0 Å². The van der Waals surface area contributed by atoms with Gasteiger partial charge in [0, 0.05) is 5.56 Å². The van der Waals surface area contributed by atoms with Crippen LogP contribution < -0.4 is 11.3 Å². The van der Waals surface area contributed by atoms with Gasteiger partial charge in [-0.15, -0.1) is 0 Å². The molecule has 13 heavy (non-hydrogen) atoms. The number of amides is 1. The summed E-state index contributed by atoms with van der Waals surface area (Å²) in [7, 11) is 0. The lowest BCUT2D eigenvalue weighted by Gasteiger charge is -2.28. The minimum absolute atomic E-state index is 0.271. The number of hydrazine groups is 2. The molecule has 1 unspecified atom stereocenters. The number of nitrogens with two attached hydrogens (primary N) is 1. The van der Waals surface area contributed by atoms with Crippen LogP contribution in [0.15, 0.2) is 24.3 Å². The Labute approximate surface area is 80.2 Å². The van der Waals surface area contributed by atoms with Crippen molar-refractivity contribution in [3.05, 3.63) is 35.4 Å². The van der Waals surface area contributed by atoms with Crippen LogP contribution >= 0.6 is 11.6 Å². The van der Waals surface area contributed by atoms with Crippen LogP contribution in [0.2, 0.25) is 0 Å². The number of alkyl halides is 1. The molecule has 0 spiro atoms. The van der Waals surface area contributed by atoms with E-state index < -0.39 is 5.50 Å². The summed E-state index contributed by atoms with van der Waals surface area (Å²) in [5.74, 6) is 5.10. The van der Waals surface area contributed by atoms with Crippen molar-refractivity contribution < 1.29 is 4.79 Å². The molecule has 0 saturated carbocycles. The average Bonchev–Trinajstić information content (AvgIpc) is 2.15. The molecule has 5 heteroatoms. The van der Waals surface area contributed by atoms with E-state index in [9.17, 15) is 4.79 Å². The Morgan fingerprint density at radius 1 is 1.46 bits per heavy atom. The Balaban J connectivity index is 2.54. The van der Waals surface area contributed by atoms with E-state index >= 15 is 0 Å². The maximum absolute atomic E-state index is 11.4. The van der Waals surface area contributed by atoms with Gasteiger partial charge >= 0.3 is 0 Å². The van der Waals surface area contributed by atoms with Gasteiger partial charge in [-0.25, -0.2) is 11.0 Å². The largest absolute Gasteiger partial charge is 0.283 e. The van der Waals surface area contributed by atoms with E-state index in [1.165, 1.54) is 0 Å². The van der Waals surface area contributed by atoms with Crippen molar-refractivity contribution in [1.82, 2.24) is 10.5 Å². The smallest absolute Gasteiger partial charge is 0.266 e. The zero-order valence-corrected chi connectivity index (χ0v) is 7.45. The molecule has 1 aromatic rings. The van der Waals surface area contributed by atoms with Gasteiger partial charge in [0.1, 0.15) is 5.50 Å². The third-order valence-electron chi connectivity index (χ3n) is 1.94. The van der Waals surface area contributed by atoms with E-state index in [1.54, 1.807) is 18.2 Å². The Hall–Kier alpha value is -1.10. The van der Waals surface area contributed by atoms with E-state index in [-0.39, 0.29) is 5.91 Å². The van der Waals surface area contributed by atoms with Gasteiger partial charge in [0.2, 0.25) is 0 Å². The lowest BCUT2D eigenvalue weighted by molar-refractivity contribution is 0.0615. The normalized spacial score (nSPS) is 21.5. The average molecular weight is 198 g/mol. The fourth-order valence-electron chi connectivity index (χ4n) is 1.29. The topological polar surface area (TPSA) is 58.4 Å². The van der Waals surface area contributed by atoms with Gasteiger partial charge in [-0.05, 0) is 11.6 Å². The minimum Gasteiger partial charge on any atom is -0.266 e. The molecule has 1 heterocycles. The molecule has 1 aromatic carbocycles. The Bertz CT molecular complexity index is 355. The van der Waals surface area contributed by atoms with Crippen LogP contribution in [0.25, 0.3) is 0 Å². The van der Waals surface area contributed by atoms with Crippen LogP contribution in [-0.2, 0) is 0 Å². The third kappa shape index (κ3) is 1.29. The van der Waals surface area contributed by atoms with Gasteiger partial charge in [-0.1, -0.05) is 29.8 Å². The standard InChI is InChI=1S/C8H8ClN3O/c9-7-5-3-1-2-4-6(5)8(13)12(10)11-7/h1-4,7,11H,10H2. The quantitative estimate of drug-likeness (QED) is 0.279. The molecule has 0 fully saturated rings. The van der Waals surface area contributed by atoms with Crippen LogP contribution in [0, 0.1) is 0 Å². The first-order valence-corrected chi connectivity index (χ1v) is 4.22. The summed E-state index contributed by atoms with van der Waals surface area (Å²) in [6.45, 7) is 0. The molecule has 0 aliphatic carbocycles. The molecular weight excluding hydrogens is 190 g/mol. The highest BCUT2D eigenvalue weighted by molar-refractivity contribution is 6.21. The summed E-state index contributed by atoms with van der Waals surface area (Å²) in [4.78, 5) is 11.4. The maximum atomic E-state index is 11.4. The third-order valence-corrected chi connectivity index (χ3v) is 2.27. The predicted octanol–water partition coefficient (Wildman–Crippen LogP) is 0.758. The van der Waals surface area contributed by atoms with Gasteiger partial charge in [0.15, 0.2) is 0 Å². The van der Waals surface area contributed by atoms with E-state index in [4.69, 9.17) is 17.4 Å². The second kappa shape index (κ2) is 2.99. The van der Waals surface area contributed by atoms with E-state index in [2.05, 4.69) is 5.43 Å². The highest BCUT2D eigenvalue weighted by atomic mass is 35.5. The number of hydrogen-bond donors (Lipinski definition) is 2. The fraction of sp³-hybridized carbons (Fsp3) is 0.125. The number of nitrogens with one attached hydrogen (secondary N) is 1. The molecule has 1 aliphatic rings. The molecule has 68 valence electrons. The number of carbonyl (C=O) groups is 1. The molecule has 0 aromatic heterocycles. The number of benzene rings is 1. The van der Waals surface area contributed by atoms with E-state index in [0.717, 1.165) is 10.7 Å². The van der Waals surface area contributed by atoms with Crippen molar-refractivity contribution in [2.24, 2.45) is 5.84 Å². The van der Waals surface area contributed by atoms with Crippen molar-refractivity contribution in [2.45, 2.75) is 5.50 Å². The second-order valence-electron chi connectivity index (χ2n) is 2.75.